The van der Waals surface area contributed by atoms with Gasteiger partial charge in [0.1, 0.15) is 5.82 Å². The van der Waals surface area contributed by atoms with Gasteiger partial charge < -0.3 is 10.4 Å². The first kappa shape index (κ1) is 11.8. The van der Waals surface area contributed by atoms with Crippen LogP contribution in [0.15, 0.2) is 0 Å². The van der Waals surface area contributed by atoms with Crippen LogP contribution in [0.25, 0.3) is 0 Å². The Kier molecular flexibility index (Phi) is 3.76. The topological polar surface area (TPSA) is 58.0 Å². The molecule has 90 valence electrons. The van der Waals surface area contributed by atoms with E-state index in [1.54, 1.807) is 0 Å². The van der Waals surface area contributed by atoms with Crippen LogP contribution in [-0.4, -0.2) is 26.6 Å². The standard InChI is InChI=1S/C11H19N3OS/c1-7(2)10-13-11(16-14-10)12-8-5-3-4-6-9(8)15/h7-9,15H,3-6H2,1-2H3,(H,12,13,14)/t8-,9-/m0/s1. The zero-order chi connectivity index (χ0) is 11.5. The number of aliphatic hydroxyl groups excluding tert-OH is 1. The summed E-state index contributed by atoms with van der Waals surface area (Å²) in [5.41, 5.74) is 0. The second-order valence-corrected chi connectivity index (χ2v) is 5.47. The lowest BCUT2D eigenvalue weighted by molar-refractivity contribution is 0.116. The van der Waals surface area contributed by atoms with Crippen LogP contribution < -0.4 is 5.32 Å². The third kappa shape index (κ3) is 2.71. The highest BCUT2D eigenvalue weighted by Gasteiger charge is 2.23. The van der Waals surface area contributed by atoms with E-state index in [0.29, 0.717) is 5.92 Å². The molecule has 2 atom stereocenters. The monoisotopic (exact) mass is 241 g/mol. The van der Waals surface area contributed by atoms with Crippen molar-refractivity contribution in [1.82, 2.24) is 9.36 Å². The quantitative estimate of drug-likeness (QED) is 0.853. The van der Waals surface area contributed by atoms with Gasteiger partial charge in [-0.2, -0.15) is 4.37 Å². The molecule has 1 aromatic rings. The Morgan fingerprint density at radius 2 is 2.12 bits per heavy atom. The van der Waals surface area contributed by atoms with Gasteiger partial charge in [-0.3, -0.25) is 0 Å². The van der Waals surface area contributed by atoms with E-state index in [-0.39, 0.29) is 12.1 Å². The molecule has 1 heterocycles. The molecule has 0 radical (unpaired) electrons. The molecule has 0 spiro atoms. The SMILES string of the molecule is CC(C)c1nsc(N[C@H]2CCCC[C@@H]2O)n1. The van der Waals surface area contributed by atoms with Gasteiger partial charge in [-0.25, -0.2) is 4.98 Å². The second-order valence-electron chi connectivity index (χ2n) is 4.72. The minimum atomic E-state index is -0.236. The summed E-state index contributed by atoms with van der Waals surface area (Å²) < 4.78 is 4.29. The summed E-state index contributed by atoms with van der Waals surface area (Å²) in [6.07, 6.45) is 4.00. The molecule has 4 nitrogen and oxygen atoms in total. The average molecular weight is 241 g/mol. The van der Waals surface area contributed by atoms with Gasteiger partial charge in [0.25, 0.3) is 0 Å². The van der Waals surface area contributed by atoms with Gasteiger partial charge in [0, 0.05) is 17.5 Å². The molecular formula is C11H19N3OS. The van der Waals surface area contributed by atoms with Crippen LogP contribution in [0.3, 0.4) is 0 Å². The van der Waals surface area contributed by atoms with Crippen LogP contribution in [0, 0.1) is 0 Å². The lowest BCUT2D eigenvalue weighted by Crippen LogP contribution is -2.36. The van der Waals surface area contributed by atoms with Crippen molar-refractivity contribution in [1.29, 1.82) is 0 Å². The van der Waals surface area contributed by atoms with Crippen LogP contribution >= 0.6 is 11.5 Å². The van der Waals surface area contributed by atoms with Crippen molar-refractivity contribution in [3.8, 4) is 0 Å². The summed E-state index contributed by atoms with van der Waals surface area (Å²) in [7, 11) is 0. The third-order valence-corrected chi connectivity index (χ3v) is 3.66. The van der Waals surface area contributed by atoms with E-state index in [0.717, 1.165) is 30.2 Å². The van der Waals surface area contributed by atoms with Crippen LogP contribution in [0.2, 0.25) is 0 Å². The van der Waals surface area contributed by atoms with E-state index in [1.165, 1.54) is 18.0 Å². The molecule has 1 saturated carbocycles. The smallest absolute Gasteiger partial charge is 0.202 e. The molecule has 0 aromatic carbocycles. The van der Waals surface area contributed by atoms with E-state index in [2.05, 4.69) is 28.5 Å². The highest BCUT2D eigenvalue weighted by atomic mass is 32.1. The van der Waals surface area contributed by atoms with E-state index < -0.39 is 0 Å². The number of nitrogens with zero attached hydrogens (tertiary/aromatic N) is 2. The van der Waals surface area contributed by atoms with E-state index >= 15 is 0 Å². The molecule has 0 unspecified atom stereocenters. The molecule has 2 rings (SSSR count). The molecule has 5 heteroatoms. The predicted molar refractivity (Wildman–Crippen MR) is 65.9 cm³/mol. The molecule has 1 fully saturated rings. The van der Waals surface area contributed by atoms with Crippen molar-refractivity contribution in [3.05, 3.63) is 5.82 Å². The number of rotatable bonds is 3. The third-order valence-electron chi connectivity index (χ3n) is 3.00. The highest BCUT2D eigenvalue weighted by Crippen LogP contribution is 2.24. The van der Waals surface area contributed by atoms with Crippen LogP contribution in [-0.2, 0) is 0 Å². The highest BCUT2D eigenvalue weighted by molar-refractivity contribution is 7.09. The van der Waals surface area contributed by atoms with Gasteiger partial charge in [0.15, 0.2) is 0 Å². The van der Waals surface area contributed by atoms with Gasteiger partial charge in [-0.15, -0.1) is 0 Å². The fraction of sp³-hybridized carbons (Fsp3) is 0.818. The van der Waals surface area contributed by atoms with E-state index in [1.807, 2.05) is 0 Å². The lowest BCUT2D eigenvalue weighted by Gasteiger charge is -2.27. The minimum absolute atomic E-state index is 0.154. The Hall–Kier alpha value is -0.680. The maximum absolute atomic E-state index is 9.84. The zero-order valence-corrected chi connectivity index (χ0v) is 10.6. The first-order valence-corrected chi connectivity index (χ1v) is 6.72. The van der Waals surface area contributed by atoms with Crippen molar-refractivity contribution in [2.45, 2.75) is 57.6 Å². The number of aromatic nitrogens is 2. The van der Waals surface area contributed by atoms with Crippen molar-refractivity contribution in [3.63, 3.8) is 0 Å². The molecule has 16 heavy (non-hydrogen) atoms. The maximum Gasteiger partial charge on any atom is 0.202 e. The average Bonchev–Trinajstić information content (AvgIpc) is 2.70. The Bertz CT molecular complexity index is 340. The molecule has 1 aliphatic rings. The Labute approximate surface area is 100 Å². The largest absolute Gasteiger partial charge is 0.391 e. The summed E-state index contributed by atoms with van der Waals surface area (Å²) in [6.45, 7) is 4.17. The van der Waals surface area contributed by atoms with Gasteiger partial charge >= 0.3 is 0 Å². The van der Waals surface area contributed by atoms with Gasteiger partial charge in [0.05, 0.1) is 12.1 Å². The summed E-state index contributed by atoms with van der Waals surface area (Å²) in [6, 6.07) is 0.154. The molecule has 0 bridgehead atoms. The fourth-order valence-electron chi connectivity index (χ4n) is 1.97. The van der Waals surface area contributed by atoms with Crippen molar-refractivity contribution < 1.29 is 5.11 Å². The summed E-state index contributed by atoms with van der Waals surface area (Å²) in [5, 5.41) is 14.0. The lowest BCUT2D eigenvalue weighted by atomic mass is 9.93. The van der Waals surface area contributed by atoms with Crippen LogP contribution in [0.1, 0.15) is 51.3 Å². The fourth-order valence-corrected chi connectivity index (χ4v) is 2.74. The van der Waals surface area contributed by atoms with Crippen molar-refractivity contribution in [2.24, 2.45) is 0 Å². The van der Waals surface area contributed by atoms with E-state index in [4.69, 9.17) is 0 Å². The summed E-state index contributed by atoms with van der Waals surface area (Å²) >= 11 is 1.39. The number of nitrogens with one attached hydrogen (secondary N) is 1. The minimum Gasteiger partial charge on any atom is -0.391 e. The van der Waals surface area contributed by atoms with Crippen molar-refractivity contribution in [2.75, 3.05) is 5.32 Å². The van der Waals surface area contributed by atoms with Crippen LogP contribution in [0.4, 0.5) is 5.13 Å². The van der Waals surface area contributed by atoms with Crippen LogP contribution in [0.5, 0.6) is 0 Å². The second kappa shape index (κ2) is 5.10. The van der Waals surface area contributed by atoms with Gasteiger partial charge in [-0.05, 0) is 12.8 Å². The van der Waals surface area contributed by atoms with Gasteiger partial charge in [0.2, 0.25) is 5.13 Å². The Balaban J connectivity index is 1.97. The number of anilines is 1. The first-order chi connectivity index (χ1) is 7.66. The number of hydrogen-bond donors (Lipinski definition) is 2. The summed E-state index contributed by atoms with van der Waals surface area (Å²) in [5.74, 6) is 1.25. The molecular weight excluding hydrogens is 222 g/mol. The molecule has 0 saturated heterocycles. The number of aliphatic hydroxyl groups is 1. The molecule has 0 aliphatic heterocycles. The molecule has 1 aromatic heterocycles. The zero-order valence-electron chi connectivity index (χ0n) is 9.81. The van der Waals surface area contributed by atoms with E-state index in [9.17, 15) is 5.11 Å². The summed E-state index contributed by atoms with van der Waals surface area (Å²) in [4.78, 5) is 4.42. The molecule has 0 amide bonds. The Morgan fingerprint density at radius 3 is 2.75 bits per heavy atom. The molecule has 1 aliphatic carbocycles. The molecule has 2 N–H and O–H groups in total. The Morgan fingerprint density at radius 1 is 1.38 bits per heavy atom. The maximum atomic E-state index is 9.84. The number of hydrogen-bond acceptors (Lipinski definition) is 5. The van der Waals surface area contributed by atoms with Gasteiger partial charge in [-0.1, -0.05) is 26.7 Å². The predicted octanol–water partition coefficient (Wildman–Crippen LogP) is 2.38. The normalized spacial score (nSPS) is 26.0. The van der Waals surface area contributed by atoms with Crippen molar-refractivity contribution >= 4 is 16.7 Å². The first-order valence-electron chi connectivity index (χ1n) is 5.95.